The smallest absolute Gasteiger partial charge is 0.0288 e. The summed E-state index contributed by atoms with van der Waals surface area (Å²) >= 11 is 0. The first-order chi connectivity index (χ1) is 9.36. The van der Waals surface area contributed by atoms with Crippen LogP contribution in [0, 0.1) is 5.41 Å². The number of allylic oxidation sites excluding steroid dienone is 9. The highest BCUT2D eigenvalue weighted by Crippen LogP contribution is 2.52. The van der Waals surface area contributed by atoms with Crippen LogP contribution in [-0.4, -0.2) is 0 Å². The van der Waals surface area contributed by atoms with Crippen molar-refractivity contribution in [1.82, 2.24) is 0 Å². The van der Waals surface area contributed by atoms with E-state index < -0.39 is 0 Å². The van der Waals surface area contributed by atoms with E-state index in [2.05, 4.69) is 60.7 Å². The number of fused-ring (bicyclic) bond motifs is 2. The van der Waals surface area contributed by atoms with Gasteiger partial charge in [-0.05, 0) is 46.3 Å². The summed E-state index contributed by atoms with van der Waals surface area (Å²) in [5.74, 6) is 0. The molecular formula is C19H14. The van der Waals surface area contributed by atoms with Crippen molar-refractivity contribution >= 4 is 17.2 Å². The molecule has 0 N–H and O–H groups in total. The lowest BCUT2D eigenvalue weighted by atomic mass is 9.71. The van der Waals surface area contributed by atoms with Crippen molar-refractivity contribution in [3.63, 3.8) is 0 Å². The van der Waals surface area contributed by atoms with Gasteiger partial charge in [0.05, 0.1) is 0 Å². The molecule has 1 spiro atoms. The molecule has 0 nitrogen and oxygen atoms in total. The maximum atomic E-state index is 2.48. The highest BCUT2D eigenvalue weighted by atomic mass is 14.4. The molecule has 5 rings (SSSR count). The van der Waals surface area contributed by atoms with Gasteiger partial charge in [-0.3, -0.25) is 0 Å². The molecule has 1 aromatic carbocycles. The maximum Gasteiger partial charge on any atom is 0.0288 e. The van der Waals surface area contributed by atoms with Crippen LogP contribution < -0.4 is 0 Å². The third kappa shape index (κ3) is 1.10. The van der Waals surface area contributed by atoms with E-state index in [1.807, 2.05) is 0 Å². The Labute approximate surface area is 113 Å². The maximum absolute atomic E-state index is 2.48. The van der Waals surface area contributed by atoms with Crippen LogP contribution in [0.1, 0.15) is 29.5 Å². The molecule has 1 atom stereocenters. The molecule has 0 aliphatic heterocycles. The summed E-state index contributed by atoms with van der Waals surface area (Å²) in [6.45, 7) is 0. The second-order valence-corrected chi connectivity index (χ2v) is 5.88. The lowest BCUT2D eigenvalue weighted by molar-refractivity contribution is 0.581. The van der Waals surface area contributed by atoms with E-state index in [0.29, 0.717) is 0 Å². The van der Waals surface area contributed by atoms with Crippen LogP contribution in [0.5, 0.6) is 0 Å². The van der Waals surface area contributed by atoms with Crippen LogP contribution in [-0.2, 0) is 0 Å². The lowest BCUT2D eigenvalue weighted by Gasteiger charge is -2.33. The minimum absolute atomic E-state index is 0.211. The monoisotopic (exact) mass is 242 g/mol. The van der Waals surface area contributed by atoms with E-state index in [4.69, 9.17) is 0 Å². The summed E-state index contributed by atoms with van der Waals surface area (Å²) in [7, 11) is 0. The molecule has 4 aliphatic rings. The van der Waals surface area contributed by atoms with E-state index in [1.54, 1.807) is 0 Å². The summed E-state index contributed by atoms with van der Waals surface area (Å²) in [4.78, 5) is 0. The summed E-state index contributed by atoms with van der Waals surface area (Å²) in [5.41, 5.74) is 8.96. The standard InChI is InChI=1S/C19H14/c1-4-13-5-2-7-16-17-12-19(9-3-10-19)11-8-14(17)15(6-1)18(13)16/h1-5,7-9,11-12H,6,10H2. The first-order valence-corrected chi connectivity index (χ1v) is 7.00. The van der Waals surface area contributed by atoms with Gasteiger partial charge in [-0.25, -0.2) is 0 Å². The first kappa shape index (κ1) is 9.80. The molecule has 1 unspecified atom stereocenters. The lowest BCUT2D eigenvalue weighted by Crippen LogP contribution is -2.20. The Bertz CT molecular complexity index is 765. The zero-order chi connectivity index (χ0) is 12.4. The van der Waals surface area contributed by atoms with Gasteiger partial charge in [-0.1, -0.05) is 60.7 Å². The molecule has 0 saturated heterocycles. The van der Waals surface area contributed by atoms with Crippen LogP contribution in [0.25, 0.3) is 17.2 Å². The van der Waals surface area contributed by atoms with E-state index >= 15 is 0 Å². The zero-order valence-electron chi connectivity index (χ0n) is 10.7. The minimum atomic E-state index is 0.211. The number of benzene rings is 1. The van der Waals surface area contributed by atoms with Crippen molar-refractivity contribution < 1.29 is 0 Å². The number of rotatable bonds is 0. The van der Waals surface area contributed by atoms with Gasteiger partial charge in [0.25, 0.3) is 0 Å². The molecule has 0 amide bonds. The summed E-state index contributed by atoms with van der Waals surface area (Å²) in [5, 5.41) is 0. The van der Waals surface area contributed by atoms with Crippen LogP contribution in [0.4, 0.5) is 0 Å². The molecular weight excluding hydrogens is 228 g/mol. The van der Waals surface area contributed by atoms with E-state index in [1.165, 1.54) is 33.4 Å². The number of hydrogen-bond acceptors (Lipinski definition) is 0. The Morgan fingerprint density at radius 3 is 2.79 bits per heavy atom. The second kappa shape index (κ2) is 3.08. The SMILES string of the molecule is C1=Cc2cccc3c2C(=C2C=CC4(C=CC4)C=C23)C1. The summed E-state index contributed by atoms with van der Waals surface area (Å²) in [6.07, 6.45) is 18.6. The van der Waals surface area contributed by atoms with Gasteiger partial charge in [0.2, 0.25) is 0 Å². The normalized spacial score (nSPS) is 28.3. The third-order valence-electron chi connectivity index (χ3n) is 4.80. The molecule has 0 fully saturated rings. The van der Waals surface area contributed by atoms with Crippen molar-refractivity contribution in [1.29, 1.82) is 0 Å². The molecule has 0 bridgehead atoms. The van der Waals surface area contributed by atoms with Crippen LogP contribution in [0.3, 0.4) is 0 Å². The van der Waals surface area contributed by atoms with Crippen molar-refractivity contribution in [2.45, 2.75) is 12.8 Å². The molecule has 19 heavy (non-hydrogen) atoms. The first-order valence-electron chi connectivity index (χ1n) is 7.00. The predicted octanol–water partition coefficient (Wildman–Crippen LogP) is 4.77. The molecule has 0 heterocycles. The highest BCUT2D eigenvalue weighted by Gasteiger charge is 2.35. The number of hydrogen-bond donors (Lipinski definition) is 0. The molecule has 0 radical (unpaired) electrons. The second-order valence-electron chi connectivity index (χ2n) is 5.88. The van der Waals surface area contributed by atoms with Crippen LogP contribution in [0.15, 0.2) is 60.2 Å². The summed E-state index contributed by atoms with van der Waals surface area (Å²) in [6, 6.07) is 6.70. The fourth-order valence-electron chi connectivity index (χ4n) is 3.75. The van der Waals surface area contributed by atoms with Crippen LogP contribution >= 0.6 is 0 Å². The van der Waals surface area contributed by atoms with E-state index in [9.17, 15) is 0 Å². The Hall–Kier alpha value is -2.08. The Morgan fingerprint density at radius 1 is 1.00 bits per heavy atom. The van der Waals surface area contributed by atoms with E-state index in [-0.39, 0.29) is 5.41 Å². The van der Waals surface area contributed by atoms with Crippen molar-refractivity contribution in [2.24, 2.45) is 5.41 Å². The van der Waals surface area contributed by atoms with Gasteiger partial charge in [-0.2, -0.15) is 0 Å². The molecule has 1 aromatic rings. The Kier molecular flexibility index (Phi) is 1.59. The summed E-state index contributed by atoms with van der Waals surface area (Å²) < 4.78 is 0. The average molecular weight is 242 g/mol. The zero-order valence-corrected chi connectivity index (χ0v) is 10.7. The molecule has 0 saturated carbocycles. The quantitative estimate of drug-likeness (QED) is 0.575. The van der Waals surface area contributed by atoms with Crippen molar-refractivity contribution in [3.8, 4) is 0 Å². The Morgan fingerprint density at radius 2 is 1.95 bits per heavy atom. The average Bonchev–Trinajstić information content (AvgIpc) is 2.74. The van der Waals surface area contributed by atoms with Gasteiger partial charge in [0, 0.05) is 5.41 Å². The molecule has 0 aromatic heterocycles. The molecule has 90 valence electrons. The van der Waals surface area contributed by atoms with Gasteiger partial charge in [-0.15, -0.1) is 0 Å². The Balaban J connectivity index is 1.85. The van der Waals surface area contributed by atoms with Gasteiger partial charge in [0.15, 0.2) is 0 Å². The van der Waals surface area contributed by atoms with Crippen LogP contribution in [0.2, 0.25) is 0 Å². The molecule has 4 aliphatic carbocycles. The predicted molar refractivity (Wildman–Crippen MR) is 80.3 cm³/mol. The highest BCUT2D eigenvalue weighted by molar-refractivity contribution is 6.06. The largest absolute Gasteiger partial charge is 0.0859 e. The van der Waals surface area contributed by atoms with E-state index in [0.717, 1.165) is 12.8 Å². The van der Waals surface area contributed by atoms with Gasteiger partial charge >= 0.3 is 0 Å². The van der Waals surface area contributed by atoms with Crippen molar-refractivity contribution in [2.75, 3.05) is 0 Å². The third-order valence-corrected chi connectivity index (χ3v) is 4.80. The fourth-order valence-corrected chi connectivity index (χ4v) is 3.75. The van der Waals surface area contributed by atoms with Gasteiger partial charge in [0.1, 0.15) is 0 Å². The minimum Gasteiger partial charge on any atom is -0.0859 e. The van der Waals surface area contributed by atoms with Gasteiger partial charge < -0.3 is 0 Å². The molecule has 0 heteroatoms. The fraction of sp³-hybridized carbons (Fsp3) is 0.158. The van der Waals surface area contributed by atoms with Crippen molar-refractivity contribution in [3.05, 3.63) is 76.9 Å². The topological polar surface area (TPSA) is 0 Å².